The van der Waals surface area contributed by atoms with Gasteiger partial charge in [0.05, 0.1) is 18.8 Å². The number of hydrogen-bond donors (Lipinski definition) is 1. The second kappa shape index (κ2) is 4.78. The lowest BCUT2D eigenvalue weighted by atomic mass is 10.0. The van der Waals surface area contributed by atoms with Gasteiger partial charge in [0.15, 0.2) is 0 Å². The zero-order valence-electron chi connectivity index (χ0n) is 9.69. The molecule has 15 heavy (non-hydrogen) atoms. The van der Waals surface area contributed by atoms with Crippen LogP contribution in [0.3, 0.4) is 0 Å². The van der Waals surface area contributed by atoms with Crippen LogP contribution in [-0.4, -0.2) is 55.5 Å². The Morgan fingerprint density at radius 3 is 2.47 bits per heavy atom. The van der Waals surface area contributed by atoms with E-state index in [1.165, 1.54) is 0 Å². The van der Waals surface area contributed by atoms with Gasteiger partial charge in [0.2, 0.25) is 0 Å². The molecule has 0 spiro atoms. The number of hydrogen-bond acceptors (Lipinski definition) is 4. The first-order valence-corrected chi connectivity index (χ1v) is 5.89. The van der Waals surface area contributed by atoms with E-state index in [1.807, 2.05) is 0 Å². The molecule has 0 radical (unpaired) electrons. The Balaban J connectivity index is 1.95. The van der Waals surface area contributed by atoms with Gasteiger partial charge in [0.25, 0.3) is 0 Å². The van der Waals surface area contributed by atoms with E-state index in [0.717, 1.165) is 32.7 Å². The minimum atomic E-state index is 0.260. The number of nitrogens with zero attached hydrogens (tertiary/aromatic N) is 1. The van der Waals surface area contributed by atoms with Crippen LogP contribution in [-0.2, 0) is 9.47 Å². The summed E-state index contributed by atoms with van der Waals surface area (Å²) in [7, 11) is 0. The molecule has 2 aliphatic heterocycles. The van der Waals surface area contributed by atoms with Gasteiger partial charge in [-0.05, 0) is 20.3 Å². The van der Waals surface area contributed by atoms with Crippen LogP contribution < -0.4 is 5.73 Å². The second-order valence-electron chi connectivity index (χ2n) is 4.81. The molecule has 0 saturated carbocycles. The molecule has 0 aromatic heterocycles. The highest BCUT2D eigenvalue weighted by Gasteiger charge is 2.33. The fourth-order valence-corrected chi connectivity index (χ4v) is 2.60. The summed E-state index contributed by atoms with van der Waals surface area (Å²) >= 11 is 0. The van der Waals surface area contributed by atoms with Crippen molar-refractivity contribution in [1.82, 2.24) is 4.90 Å². The lowest BCUT2D eigenvalue weighted by Crippen LogP contribution is -2.59. The van der Waals surface area contributed by atoms with E-state index in [4.69, 9.17) is 15.2 Å². The van der Waals surface area contributed by atoms with Crippen LogP contribution in [0.15, 0.2) is 0 Å². The Labute approximate surface area is 91.7 Å². The van der Waals surface area contributed by atoms with E-state index in [-0.39, 0.29) is 6.04 Å². The minimum Gasteiger partial charge on any atom is -0.380 e. The molecule has 0 aromatic carbocycles. The Morgan fingerprint density at radius 2 is 1.87 bits per heavy atom. The molecule has 2 unspecified atom stereocenters. The predicted molar refractivity (Wildman–Crippen MR) is 58.8 cm³/mol. The van der Waals surface area contributed by atoms with Crippen molar-refractivity contribution >= 4 is 0 Å². The summed E-state index contributed by atoms with van der Waals surface area (Å²) < 4.78 is 11.2. The number of nitrogens with two attached hydrogens (primary N) is 1. The van der Waals surface area contributed by atoms with Gasteiger partial charge in [-0.3, -0.25) is 4.90 Å². The monoisotopic (exact) mass is 214 g/mol. The maximum atomic E-state index is 6.14. The molecule has 2 heterocycles. The van der Waals surface area contributed by atoms with Crippen molar-refractivity contribution in [2.45, 2.75) is 44.6 Å². The van der Waals surface area contributed by atoms with Crippen molar-refractivity contribution in [3.63, 3.8) is 0 Å². The van der Waals surface area contributed by atoms with E-state index >= 15 is 0 Å². The van der Waals surface area contributed by atoms with E-state index in [2.05, 4.69) is 18.7 Å². The van der Waals surface area contributed by atoms with Crippen LogP contribution in [0.4, 0.5) is 0 Å². The molecule has 0 aromatic rings. The third-order valence-corrected chi connectivity index (χ3v) is 3.30. The van der Waals surface area contributed by atoms with Gasteiger partial charge in [-0.25, -0.2) is 0 Å². The summed E-state index contributed by atoms with van der Waals surface area (Å²) in [5.41, 5.74) is 6.14. The largest absolute Gasteiger partial charge is 0.380 e. The molecule has 4 atom stereocenters. The lowest BCUT2D eigenvalue weighted by molar-refractivity contribution is -0.101. The van der Waals surface area contributed by atoms with Crippen molar-refractivity contribution in [2.24, 2.45) is 5.73 Å². The van der Waals surface area contributed by atoms with E-state index < -0.39 is 0 Å². The number of morpholine rings is 1. The lowest BCUT2D eigenvalue weighted by Gasteiger charge is -2.43. The smallest absolute Gasteiger partial charge is 0.0678 e. The molecule has 2 saturated heterocycles. The van der Waals surface area contributed by atoms with Crippen molar-refractivity contribution in [1.29, 1.82) is 0 Å². The maximum absolute atomic E-state index is 6.14. The highest BCUT2D eigenvalue weighted by atomic mass is 16.5. The van der Waals surface area contributed by atoms with Crippen LogP contribution in [0.5, 0.6) is 0 Å². The second-order valence-corrected chi connectivity index (χ2v) is 4.81. The summed E-state index contributed by atoms with van der Waals surface area (Å²) in [5.74, 6) is 0. The average molecular weight is 214 g/mol. The van der Waals surface area contributed by atoms with Gasteiger partial charge in [0.1, 0.15) is 0 Å². The summed E-state index contributed by atoms with van der Waals surface area (Å²) in [6.45, 7) is 7.79. The fourth-order valence-electron chi connectivity index (χ4n) is 2.60. The van der Waals surface area contributed by atoms with Gasteiger partial charge in [0, 0.05) is 31.8 Å². The third kappa shape index (κ3) is 2.69. The molecular weight excluding hydrogens is 192 g/mol. The predicted octanol–water partition coefficient (Wildman–Crippen LogP) is 0.212. The first-order valence-electron chi connectivity index (χ1n) is 5.89. The minimum absolute atomic E-state index is 0.260. The molecule has 4 heteroatoms. The fraction of sp³-hybridized carbons (Fsp3) is 1.00. The van der Waals surface area contributed by atoms with Gasteiger partial charge in [-0.2, -0.15) is 0 Å². The Bertz CT molecular complexity index is 203. The molecule has 2 N–H and O–H groups in total. The zero-order chi connectivity index (χ0) is 10.8. The standard InChI is InChI=1S/C11H22N2O2/c1-8-5-13(6-9(2)15-8)11-7-14-4-3-10(11)12/h8-11H,3-7,12H2,1-2H3/t8-,9+,10?,11?. The SMILES string of the molecule is C[C@@H]1CN(C2COCCC2N)C[C@H](C)O1. The molecule has 0 bridgehead atoms. The van der Waals surface area contributed by atoms with Crippen LogP contribution in [0, 0.1) is 0 Å². The van der Waals surface area contributed by atoms with E-state index in [9.17, 15) is 0 Å². The van der Waals surface area contributed by atoms with E-state index in [0.29, 0.717) is 18.2 Å². The van der Waals surface area contributed by atoms with Crippen LogP contribution in [0.25, 0.3) is 0 Å². The van der Waals surface area contributed by atoms with Crippen molar-refractivity contribution in [3.05, 3.63) is 0 Å². The molecule has 0 amide bonds. The normalized spacial score (nSPS) is 44.2. The zero-order valence-corrected chi connectivity index (χ0v) is 9.69. The highest BCUT2D eigenvalue weighted by molar-refractivity contribution is 4.88. The molecule has 2 aliphatic rings. The number of ether oxygens (including phenoxy) is 2. The van der Waals surface area contributed by atoms with Gasteiger partial charge in [-0.15, -0.1) is 0 Å². The van der Waals surface area contributed by atoms with Gasteiger partial charge in [-0.1, -0.05) is 0 Å². The molecule has 4 nitrogen and oxygen atoms in total. The molecular formula is C11H22N2O2. The van der Waals surface area contributed by atoms with Crippen molar-refractivity contribution in [2.75, 3.05) is 26.3 Å². The van der Waals surface area contributed by atoms with Gasteiger partial charge < -0.3 is 15.2 Å². The molecule has 88 valence electrons. The molecule has 2 fully saturated rings. The number of rotatable bonds is 1. The summed E-state index contributed by atoms with van der Waals surface area (Å²) in [6.07, 6.45) is 1.59. The van der Waals surface area contributed by atoms with Gasteiger partial charge >= 0.3 is 0 Å². The van der Waals surface area contributed by atoms with Crippen LogP contribution in [0.1, 0.15) is 20.3 Å². The Kier molecular flexibility index (Phi) is 3.61. The first kappa shape index (κ1) is 11.3. The molecule has 0 aliphatic carbocycles. The topological polar surface area (TPSA) is 47.7 Å². The summed E-state index contributed by atoms with van der Waals surface area (Å²) in [6, 6.07) is 0.642. The Hall–Kier alpha value is -0.160. The average Bonchev–Trinajstić information content (AvgIpc) is 2.16. The summed E-state index contributed by atoms with van der Waals surface area (Å²) in [4.78, 5) is 2.43. The van der Waals surface area contributed by atoms with Crippen LogP contribution >= 0.6 is 0 Å². The Morgan fingerprint density at radius 1 is 1.20 bits per heavy atom. The first-order chi connectivity index (χ1) is 7.16. The molecule has 2 rings (SSSR count). The quantitative estimate of drug-likeness (QED) is 0.678. The highest BCUT2D eigenvalue weighted by Crippen LogP contribution is 2.18. The van der Waals surface area contributed by atoms with Crippen molar-refractivity contribution in [3.8, 4) is 0 Å². The van der Waals surface area contributed by atoms with Crippen molar-refractivity contribution < 1.29 is 9.47 Å². The maximum Gasteiger partial charge on any atom is 0.0678 e. The van der Waals surface area contributed by atoms with Crippen LogP contribution in [0.2, 0.25) is 0 Å². The third-order valence-electron chi connectivity index (χ3n) is 3.30. The summed E-state index contributed by atoms with van der Waals surface area (Å²) in [5, 5.41) is 0. The van der Waals surface area contributed by atoms with E-state index in [1.54, 1.807) is 0 Å².